The molecule has 1 aromatic heterocycles. The summed E-state index contributed by atoms with van der Waals surface area (Å²) in [5.74, 6) is -0.393. The summed E-state index contributed by atoms with van der Waals surface area (Å²) in [7, 11) is 0. The Bertz CT molecular complexity index is 1310. The Morgan fingerprint density at radius 3 is 2.55 bits per heavy atom. The van der Waals surface area contributed by atoms with Crippen LogP contribution in [0.2, 0.25) is 5.02 Å². The van der Waals surface area contributed by atoms with E-state index in [2.05, 4.69) is 31.4 Å². The normalized spacial score (nSPS) is 11.9. The fraction of sp³-hybridized carbons (Fsp3) is 0.125. The number of aromatic nitrogens is 2. The van der Waals surface area contributed by atoms with Gasteiger partial charge in [0.05, 0.1) is 10.6 Å². The summed E-state index contributed by atoms with van der Waals surface area (Å²) in [4.78, 5) is 17.1. The van der Waals surface area contributed by atoms with Crippen molar-refractivity contribution < 1.29 is 18.8 Å². The number of hydrogen-bond donors (Lipinski definition) is 2. The van der Waals surface area contributed by atoms with Crippen LogP contribution in [0.4, 0.5) is 4.39 Å². The first kappa shape index (κ1) is 22.9. The van der Waals surface area contributed by atoms with Crippen LogP contribution in [0.15, 0.2) is 69.7 Å². The van der Waals surface area contributed by atoms with Gasteiger partial charge in [0.25, 0.3) is 5.91 Å². The maximum Gasteiger partial charge on any atom is 0.255 e. The van der Waals surface area contributed by atoms with Crippen LogP contribution < -0.4 is 5.32 Å². The van der Waals surface area contributed by atoms with Gasteiger partial charge in [-0.1, -0.05) is 63.0 Å². The van der Waals surface area contributed by atoms with Crippen LogP contribution in [0.25, 0.3) is 11.1 Å². The molecule has 3 aromatic carbocycles. The van der Waals surface area contributed by atoms with Gasteiger partial charge in [0.1, 0.15) is 17.6 Å². The van der Waals surface area contributed by atoms with E-state index in [0.717, 1.165) is 16.7 Å². The third-order valence-corrected chi connectivity index (χ3v) is 5.78. The van der Waals surface area contributed by atoms with E-state index in [1.807, 2.05) is 24.3 Å². The number of benzene rings is 3. The molecule has 2 N–H and O–H groups in total. The van der Waals surface area contributed by atoms with E-state index < -0.39 is 17.8 Å². The lowest BCUT2D eigenvalue weighted by atomic mass is 10.00. The molecule has 0 bridgehead atoms. The van der Waals surface area contributed by atoms with Crippen LogP contribution in [0.5, 0.6) is 5.75 Å². The Morgan fingerprint density at radius 2 is 1.88 bits per heavy atom. The van der Waals surface area contributed by atoms with Gasteiger partial charge in [-0.05, 0) is 53.9 Å². The summed E-state index contributed by atoms with van der Waals surface area (Å²) < 4.78 is 19.4. The number of aryl methyl sites for hydroxylation is 1. The van der Waals surface area contributed by atoms with Gasteiger partial charge in [-0.2, -0.15) is 4.98 Å². The number of carbonyl (C=O) groups excluding carboxylic acids is 1. The molecule has 0 aliphatic rings. The number of nitrogens with one attached hydrogen (secondary N) is 1. The van der Waals surface area contributed by atoms with E-state index in [9.17, 15) is 14.3 Å². The zero-order valence-corrected chi connectivity index (χ0v) is 19.7. The van der Waals surface area contributed by atoms with Gasteiger partial charge in [-0.3, -0.25) is 4.79 Å². The smallest absolute Gasteiger partial charge is 0.255 e. The maximum atomic E-state index is 13.5. The number of phenolic OH excluding ortho intramolecular Hbond substituents is 1. The van der Waals surface area contributed by atoms with Crippen molar-refractivity contribution in [3.63, 3.8) is 0 Å². The number of aromatic hydroxyl groups is 1. The van der Waals surface area contributed by atoms with Crippen molar-refractivity contribution in [1.82, 2.24) is 15.5 Å². The average Bonchev–Trinajstić information content (AvgIpc) is 3.23. The third kappa shape index (κ3) is 5.40. The van der Waals surface area contributed by atoms with Gasteiger partial charge in [-0.25, -0.2) is 4.39 Å². The van der Waals surface area contributed by atoms with Crippen LogP contribution in [0, 0.1) is 12.7 Å². The molecule has 0 unspecified atom stereocenters. The molecule has 1 atom stereocenters. The minimum Gasteiger partial charge on any atom is -0.507 e. The Morgan fingerprint density at radius 1 is 1.15 bits per heavy atom. The van der Waals surface area contributed by atoms with E-state index in [4.69, 9.17) is 16.1 Å². The molecule has 1 amide bonds. The molecule has 0 fully saturated rings. The predicted octanol–water partition coefficient (Wildman–Crippen LogP) is 6.02. The first-order chi connectivity index (χ1) is 15.8. The number of carbonyl (C=O) groups is 1. The molecule has 0 radical (unpaired) electrons. The molecule has 6 nitrogen and oxygen atoms in total. The SMILES string of the molecule is Cc1noc([C@@H](Cc2ccc(-c3ccc(F)c(Cl)c3)cc2)NC(=O)c2cc(Br)ccc2O)n1. The van der Waals surface area contributed by atoms with Gasteiger partial charge in [-0.15, -0.1) is 0 Å². The number of phenols is 1. The number of amides is 1. The second-order valence-corrected chi connectivity index (χ2v) is 8.72. The van der Waals surface area contributed by atoms with E-state index in [1.165, 1.54) is 18.2 Å². The van der Waals surface area contributed by atoms with E-state index >= 15 is 0 Å². The van der Waals surface area contributed by atoms with Crippen molar-refractivity contribution in [2.75, 3.05) is 0 Å². The standard InChI is InChI=1S/C24H18BrClFN3O3/c1-13-28-24(33-30-13)21(29-23(32)18-12-17(25)7-9-22(18)31)10-14-2-4-15(5-3-14)16-6-8-20(27)19(26)11-16/h2-9,11-12,21,31H,10H2,1H3,(H,29,32)/t21-/m1/s1. The molecule has 0 aliphatic carbocycles. The molecule has 9 heteroatoms. The van der Waals surface area contributed by atoms with Crippen LogP contribution in [-0.4, -0.2) is 21.2 Å². The highest BCUT2D eigenvalue weighted by atomic mass is 79.9. The van der Waals surface area contributed by atoms with E-state index in [-0.39, 0.29) is 22.2 Å². The maximum absolute atomic E-state index is 13.5. The predicted molar refractivity (Wildman–Crippen MR) is 126 cm³/mol. The Hall–Kier alpha value is -3.23. The molecule has 4 aromatic rings. The summed E-state index contributed by atoms with van der Waals surface area (Å²) in [6, 6.07) is 16.1. The lowest BCUT2D eigenvalue weighted by Gasteiger charge is -2.16. The minimum atomic E-state index is -0.622. The molecule has 4 rings (SSSR count). The molecule has 33 heavy (non-hydrogen) atoms. The van der Waals surface area contributed by atoms with Crippen LogP contribution in [-0.2, 0) is 6.42 Å². The average molecular weight is 531 g/mol. The van der Waals surface area contributed by atoms with Crippen molar-refractivity contribution in [1.29, 1.82) is 0 Å². The van der Waals surface area contributed by atoms with E-state index in [1.54, 1.807) is 25.1 Å². The topological polar surface area (TPSA) is 88.2 Å². The molecule has 0 aliphatic heterocycles. The van der Waals surface area contributed by atoms with Crippen molar-refractivity contribution >= 4 is 33.4 Å². The molecule has 168 valence electrons. The zero-order valence-electron chi connectivity index (χ0n) is 17.3. The summed E-state index contributed by atoms with van der Waals surface area (Å²) in [6.45, 7) is 1.69. The quantitative estimate of drug-likeness (QED) is 0.318. The van der Waals surface area contributed by atoms with Crippen molar-refractivity contribution in [3.05, 3.63) is 98.8 Å². The zero-order chi connectivity index (χ0) is 23.5. The highest BCUT2D eigenvalue weighted by molar-refractivity contribution is 9.10. The van der Waals surface area contributed by atoms with Crippen molar-refractivity contribution in [3.8, 4) is 16.9 Å². The van der Waals surface area contributed by atoms with Gasteiger partial charge in [0.15, 0.2) is 5.82 Å². The first-order valence-electron chi connectivity index (χ1n) is 9.94. The van der Waals surface area contributed by atoms with Crippen molar-refractivity contribution in [2.45, 2.75) is 19.4 Å². The third-order valence-electron chi connectivity index (χ3n) is 5.00. The van der Waals surface area contributed by atoms with Gasteiger partial charge in [0.2, 0.25) is 5.89 Å². The number of hydrogen-bond acceptors (Lipinski definition) is 5. The molecular weight excluding hydrogens is 513 g/mol. The Labute approximate surface area is 202 Å². The molecule has 0 saturated carbocycles. The van der Waals surface area contributed by atoms with Gasteiger partial charge >= 0.3 is 0 Å². The summed E-state index contributed by atoms with van der Waals surface area (Å²) >= 11 is 9.20. The molecular formula is C24H18BrClFN3O3. The highest BCUT2D eigenvalue weighted by Gasteiger charge is 2.23. The summed E-state index contributed by atoms with van der Waals surface area (Å²) in [5, 5.41) is 16.8. The monoisotopic (exact) mass is 529 g/mol. The molecule has 1 heterocycles. The van der Waals surface area contributed by atoms with Crippen LogP contribution >= 0.6 is 27.5 Å². The van der Waals surface area contributed by atoms with Gasteiger partial charge < -0.3 is 14.9 Å². The number of rotatable bonds is 6. The second-order valence-electron chi connectivity index (χ2n) is 7.40. The lowest BCUT2D eigenvalue weighted by Crippen LogP contribution is -2.30. The summed E-state index contributed by atoms with van der Waals surface area (Å²) in [5.41, 5.74) is 2.67. The van der Waals surface area contributed by atoms with E-state index in [0.29, 0.717) is 16.7 Å². The van der Waals surface area contributed by atoms with Crippen LogP contribution in [0.1, 0.15) is 33.7 Å². The fourth-order valence-electron chi connectivity index (χ4n) is 3.33. The second kappa shape index (κ2) is 9.72. The van der Waals surface area contributed by atoms with Gasteiger partial charge in [0, 0.05) is 10.9 Å². The number of halogens is 3. The fourth-order valence-corrected chi connectivity index (χ4v) is 3.87. The largest absolute Gasteiger partial charge is 0.507 e. The highest BCUT2D eigenvalue weighted by Crippen LogP contribution is 2.27. The first-order valence-corrected chi connectivity index (χ1v) is 11.1. The lowest BCUT2D eigenvalue weighted by molar-refractivity contribution is 0.0925. The molecule has 0 spiro atoms. The van der Waals surface area contributed by atoms with Crippen LogP contribution in [0.3, 0.4) is 0 Å². The number of nitrogens with zero attached hydrogens (tertiary/aromatic N) is 2. The Kier molecular flexibility index (Phi) is 6.76. The molecule has 0 saturated heterocycles. The Balaban J connectivity index is 1.57. The van der Waals surface area contributed by atoms with Crippen molar-refractivity contribution in [2.24, 2.45) is 0 Å². The summed E-state index contributed by atoms with van der Waals surface area (Å²) in [6.07, 6.45) is 0.368. The minimum absolute atomic E-state index is 0.0573.